The van der Waals surface area contributed by atoms with Crippen LogP contribution in [0, 0.1) is 0 Å². The Balaban J connectivity index is 5.78. The van der Waals surface area contributed by atoms with Crippen molar-refractivity contribution in [3.63, 3.8) is 0 Å². The molecular formula is C24H46N10O8. The second-order valence-electron chi connectivity index (χ2n) is 9.78. The van der Waals surface area contributed by atoms with Crippen LogP contribution in [0.4, 0.5) is 0 Å². The molecule has 0 unspecified atom stereocenters. The van der Waals surface area contributed by atoms with Gasteiger partial charge in [-0.15, -0.1) is 0 Å². The molecule has 0 aliphatic heterocycles. The molecule has 0 aliphatic rings. The number of hydrogen-bond acceptors (Lipinski definition) is 10. The minimum absolute atomic E-state index is 0.0509. The third-order valence-electron chi connectivity index (χ3n) is 5.93. The summed E-state index contributed by atoms with van der Waals surface area (Å²) in [5, 5.41) is 29.3. The maximum atomic E-state index is 13.2. The van der Waals surface area contributed by atoms with E-state index in [0.717, 1.165) is 0 Å². The lowest BCUT2D eigenvalue weighted by atomic mass is 10.0. The first-order valence-electron chi connectivity index (χ1n) is 13.5. The first kappa shape index (κ1) is 38.0. The van der Waals surface area contributed by atoms with E-state index in [0.29, 0.717) is 19.4 Å². The van der Waals surface area contributed by atoms with E-state index < -0.39 is 71.8 Å². The number of carboxylic acid groups (broad SMARTS) is 1. The lowest BCUT2D eigenvalue weighted by Crippen LogP contribution is -2.60. The van der Waals surface area contributed by atoms with Gasteiger partial charge < -0.3 is 60.1 Å². The van der Waals surface area contributed by atoms with Crippen LogP contribution in [0.15, 0.2) is 4.99 Å². The van der Waals surface area contributed by atoms with Gasteiger partial charge >= 0.3 is 5.97 Å². The number of rotatable bonds is 21. The third-order valence-corrected chi connectivity index (χ3v) is 5.93. The number of nitrogens with two attached hydrogens (primary N) is 5. The minimum atomic E-state index is -1.57. The number of aliphatic carboxylic acids is 1. The summed E-state index contributed by atoms with van der Waals surface area (Å²) in [4.78, 5) is 77.9. The van der Waals surface area contributed by atoms with Crippen molar-refractivity contribution in [2.24, 2.45) is 33.7 Å². The van der Waals surface area contributed by atoms with E-state index >= 15 is 0 Å². The van der Waals surface area contributed by atoms with Crippen LogP contribution in [-0.4, -0.2) is 101 Å². The van der Waals surface area contributed by atoms with E-state index in [1.165, 1.54) is 13.8 Å². The van der Waals surface area contributed by atoms with E-state index in [-0.39, 0.29) is 44.6 Å². The van der Waals surface area contributed by atoms with Crippen LogP contribution in [0.1, 0.15) is 58.8 Å². The molecule has 240 valence electrons. The van der Waals surface area contributed by atoms with Gasteiger partial charge in [-0.05, 0) is 58.9 Å². The predicted octanol–water partition coefficient (Wildman–Crippen LogP) is -4.81. The number of carbonyl (C=O) groups excluding carboxylic acids is 5. The molecule has 0 saturated heterocycles. The fraction of sp³-hybridized carbons (Fsp3) is 0.708. The van der Waals surface area contributed by atoms with Crippen molar-refractivity contribution in [3.05, 3.63) is 0 Å². The highest BCUT2D eigenvalue weighted by atomic mass is 16.4. The quantitative estimate of drug-likeness (QED) is 0.0335. The average Bonchev–Trinajstić information content (AvgIpc) is 2.89. The second kappa shape index (κ2) is 19.9. The molecule has 16 N–H and O–H groups in total. The van der Waals surface area contributed by atoms with Gasteiger partial charge in [-0.25, -0.2) is 4.79 Å². The number of hydrogen-bond donors (Lipinski definition) is 11. The van der Waals surface area contributed by atoms with E-state index in [1.807, 2.05) is 0 Å². The van der Waals surface area contributed by atoms with Crippen LogP contribution < -0.4 is 49.9 Å². The van der Waals surface area contributed by atoms with Crippen molar-refractivity contribution in [2.75, 3.05) is 13.1 Å². The van der Waals surface area contributed by atoms with Crippen molar-refractivity contribution in [2.45, 2.75) is 95.1 Å². The van der Waals surface area contributed by atoms with Crippen molar-refractivity contribution >= 4 is 41.5 Å². The number of aliphatic imine (C=N–C) groups is 1. The van der Waals surface area contributed by atoms with Crippen LogP contribution in [0.2, 0.25) is 0 Å². The Kier molecular flexibility index (Phi) is 18.0. The van der Waals surface area contributed by atoms with Crippen LogP contribution in [-0.2, 0) is 28.8 Å². The normalized spacial score (nSPS) is 15.1. The molecule has 0 aromatic rings. The molecule has 18 heteroatoms. The standard InChI is InChI=1S/C24H46N10O8/c1-12(26)19(37)31-15(7-5-11-30-24(28)29)21(39)34-18(13(2)35)22(40)32-14(6-3-4-10-25)20(38)33-16(23(41)42)8-9-17(27)36/h12-16,18,35H,3-11,25-26H2,1-2H3,(H2,27,36)(H,31,37)(H,32,40)(H,33,38)(H,34,39)(H,41,42)(H4,28,29,30)/t12-,13+,14-,15-,16-,18-/m0/s1. The molecule has 0 radical (unpaired) electrons. The number of aliphatic hydroxyl groups is 1. The van der Waals surface area contributed by atoms with Gasteiger partial charge in [0.05, 0.1) is 12.1 Å². The van der Waals surface area contributed by atoms with Gasteiger partial charge in [-0.1, -0.05) is 0 Å². The molecule has 6 atom stereocenters. The van der Waals surface area contributed by atoms with Crippen LogP contribution >= 0.6 is 0 Å². The molecule has 0 aliphatic carbocycles. The summed E-state index contributed by atoms with van der Waals surface area (Å²) in [5.41, 5.74) is 26.8. The number of carboxylic acids is 1. The number of guanidine groups is 1. The van der Waals surface area contributed by atoms with Gasteiger partial charge in [0, 0.05) is 13.0 Å². The van der Waals surface area contributed by atoms with Crippen LogP contribution in [0.25, 0.3) is 0 Å². The molecule has 0 fully saturated rings. The third kappa shape index (κ3) is 15.7. The summed E-state index contributed by atoms with van der Waals surface area (Å²) >= 11 is 0. The highest BCUT2D eigenvalue weighted by molar-refractivity contribution is 5.95. The largest absolute Gasteiger partial charge is 0.480 e. The minimum Gasteiger partial charge on any atom is -0.480 e. The van der Waals surface area contributed by atoms with Crippen molar-refractivity contribution < 1.29 is 39.0 Å². The molecule has 18 nitrogen and oxygen atoms in total. The molecule has 5 amide bonds. The number of aliphatic hydroxyl groups excluding tert-OH is 1. The van der Waals surface area contributed by atoms with Crippen LogP contribution in [0.5, 0.6) is 0 Å². The summed E-state index contributed by atoms with van der Waals surface area (Å²) in [6, 6.07) is -6.42. The average molecular weight is 603 g/mol. The Morgan fingerprint density at radius 1 is 0.738 bits per heavy atom. The fourth-order valence-electron chi connectivity index (χ4n) is 3.57. The monoisotopic (exact) mass is 602 g/mol. The predicted molar refractivity (Wildman–Crippen MR) is 152 cm³/mol. The maximum Gasteiger partial charge on any atom is 0.326 e. The molecule has 0 heterocycles. The highest BCUT2D eigenvalue weighted by Crippen LogP contribution is 2.07. The molecule has 0 rings (SSSR count). The number of primary amides is 1. The highest BCUT2D eigenvalue weighted by Gasteiger charge is 2.33. The summed E-state index contributed by atoms with van der Waals surface area (Å²) in [7, 11) is 0. The molecular weight excluding hydrogens is 556 g/mol. The van der Waals surface area contributed by atoms with E-state index in [4.69, 9.17) is 28.7 Å². The topological polar surface area (TPSA) is 333 Å². The van der Waals surface area contributed by atoms with Crippen molar-refractivity contribution in [1.82, 2.24) is 21.3 Å². The first-order chi connectivity index (χ1) is 19.6. The summed E-state index contributed by atoms with van der Waals surface area (Å²) in [6.07, 6.45) is -0.785. The molecule has 42 heavy (non-hydrogen) atoms. The number of nitrogens with zero attached hydrogens (tertiary/aromatic N) is 1. The lowest BCUT2D eigenvalue weighted by Gasteiger charge is -2.27. The Bertz CT molecular complexity index is 956. The molecule has 0 aromatic heterocycles. The first-order valence-corrected chi connectivity index (χ1v) is 13.5. The molecule has 0 spiro atoms. The Labute approximate surface area is 243 Å². The lowest BCUT2D eigenvalue weighted by molar-refractivity contribution is -0.142. The van der Waals surface area contributed by atoms with Gasteiger partial charge in [0.15, 0.2) is 5.96 Å². The smallest absolute Gasteiger partial charge is 0.326 e. The second-order valence-corrected chi connectivity index (χ2v) is 9.78. The SMILES string of the molecule is C[C@H](N)C(=O)N[C@@H](CCCN=C(N)N)C(=O)N[C@H](C(=O)N[C@@H](CCCCN)C(=O)N[C@@H](CCC(N)=O)C(=O)O)[C@@H](C)O. The number of carbonyl (C=O) groups is 6. The summed E-state index contributed by atoms with van der Waals surface area (Å²) in [6.45, 7) is 3.08. The van der Waals surface area contributed by atoms with Gasteiger partial charge in [0.2, 0.25) is 29.5 Å². The number of nitrogens with one attached hydrogen (secondary N) is 4. The Morgan fingerprint density at radius 3 is 1.74 bits per heavy atom. The van der Waals surface area contributed by atoms with Gasteiger partial charge in [0.1, 0.15) is 24.2 Å². The summed E-state index contributed by atoms with van der Waals surface area (Å²) in [5.74, 6) is -5.61. The molecule has 0 bridgehead atoms. The zero-order valence-electron chi connectivity index (χ0n) is 24.0. The van der Waals surface area contributed by atoms with Crippen molar-refractivity contribution in [1.29, 1.82) is 0 Å². The zero-order chi connectivity index (χ0) is 32.4. The fourth-order valence-corrected chi connectivity index (χ4v) is 3.57. The zero-order valence-corrected chi connectivity index (χ0v) is 24.0. The number of unbranched alkanes of at least 4 members (excludes halogenated alkanes) is 1. The van der Waals surface area contributed by atoms with E-state index in [1.54, 1.807) is 0 Å². The molecule has 0 aromatic carbocycles. The van der Waals surface area contributed by atoms with Gasteiger partial charge in [-0.2, -0.15) is 0 Å². The van der Waals surface area contributed by atoms with Crippen molar-refractivity contribution in [3.8, 4) is 0 Å². The van der Waals surface area contributed by atoms with Crippen LogP contribution in [0.3, 0.4) is 0 Å². The Morgan fingerprint density at radius 2 is 1.26 bits per heavy atom. The van der Waals surface area contributed by atoms with E-state index in [9.17, 15) is 39.0 Å². The molecule has 0 saturated carbocycles. The van der Waals surface area contributed by atoms with Gasteiger partial charge in [-0.3, -0.25) is 29.0 Å². The number of amides is 5. The summed E-state index contributed by atoms with van der Waals surface area (Å²) < 4.78 is 0. The van der Waals surface area contributed by atoms with Gasteiger partial charge in [0.25, 0.3) is 0 Å². The van der Waals surface area contributed by atoms with E-state index in [2.05, 4.69) is 26.3 Å². The maximum absolute atomic E-state index is 13.2. The Hall–Kier alpha value is -4.03.